The van der Waals surface area contributed by atoms with Crippen molar-refractivity contribution >= 4 is 17.7 Å². The normalized spacial score (nSPS) is 10.5. The average Bonchev–Trinajstić information content (AvgIpc) is 2.37. The number of halogens is 3. The quantitative estimate of drug-likeness (QED) is 0.873. The number of nitrogens with zero attached hydrogens (tertiary/aromatic N) is 2. The highest BCUT2D eigenvalue weighted by atomic mass is 32.2. The van der Waals surface area contributed by atoms with Crippen molar-refractivity contribution < 1.29 is 13.2 Å². The van der Waals surface area contributed by atoms with Gasteiger partial charge in [-0.3, -0.25) is 0 Å². The second-order valence-electron chi connectivity index (χ2n) is 3.55. The van der Waals surface area contributed by atoms with E-state index in [-0.39, 0.29) is 15.9 Å². The van der Waals surface area contributed by atoms with Crippen LogP contribution in [0.5, 0.6) is 0 Å². The van der Waals surface area contributed by atoms with Gasteiger partial charge in [0.15, 0.2) is 5.82 Å². The van der Waals surface area contributed by atoms with Crippen LogP contribution in [0.3, 0.4) is 0 Å². The van der Waals surface area contributed by atoms with Gasteiger partial charge in [-0.05, 0) is 19.1 Å². The molecule has 0 aliphatic heterocycles. The van der Waals surface area contributed by atoms with Crippen molar-refractivity contribution in [1.82, 2.24) is 9.97 Å². The molecule has 0 aliphatic carbocycles. The summed E-state index contributed by atoms with van der Waals surface area (Å²) in [6, 6.07) is 3.09. The molecule has 0 spiro atoms. The van der Waals surface area contributed by atoms with Crippen LogP contribution in [0, 0.1) is 17.5 Å². The molecule has 0 unspecified atom stereocenters. The van der Waals surface area contributed by atoms with Crippen LogP contribution in [-0.4, -0.2) is 16.5 Å². The Morgan fingerprint density at radius 1 is 1.21 bits per heavy atom. The van der Waals surface area contributed by atoms with Crippen LogP contribution < -0.4 is 5.32 Å². The molecule has 1 heterocycles. The lowest BCUT2D eigenvalue weighted by molar-refractivity contribution is 0.563. The second-order valence-corrected chi connectivity index (χ2v) is 4.58. The van der Waals surface area contributed by atoms with Crippen LogP contribution >= 0.6 is 11.8 Å². The summed E-state index contributed by atoms with van der Waals surface area (Å²) in [5, 5.41) is 2.81. The topological polar surface area (TPSA) is 37.8 Å². The maximum atomic E-state index is 13.5. The van der Waals surface area contributed by atoms with Crippen LogP contribution in [0.4, 0.5) is 19.1 Å². The number of benzene rings is 1. The smallest absolute Gasteiger partial charge is 0.223 e. The molecule has 0 atom stereocenters. The van der Waals surface area contributed by atoms with E-state index in [4.69, 9.17) is 0 Å². The summed E-state index contributed by atoms with van der Waals surface area (Å²) in [6.45, 7) is 2.43. The maximum Gasteiger partial charge on any atom is 0.223 e. The Morgan fingerprint density at radius 3 is 2.68 bits per heavy atom. The van der Waals surface area contributed by atoms with Crippen molar-refractivity contribution in [3.8, 4) is 0 Å². The predicted octanol–water partition coefficient (Wildman–Crippen LogP) is 3.48. The summed E-state index contributed by atoms with van der Waals surface area (Å²) in [4.78, 5) is 7.77. The molecule has 100 valence electrons. The highest BCUT2D eigenvalue weighted by Gasteiger charge is 2.12. The largest absolute Gasteiger partial charge is 0.354 e. The monoisotopic (exact) mass is 285 g/mol. The van der Waals surface area contributed by atoms with Gasteiger partial charge in [0.2, 0.25) is 5.95 Å². The third-order valence-corrected chi connectivity index (χ3v) is 3.18. The molecule has 1 aromatic heterocycles. The van der Waals surface area contributed by atoms with Crippen LogP contribution in [0.2, 0.25) is 0 Å². The highest BCUT2D eigenvalue weighted by Crippen LogP contribution is 2.30. The molecule has 0 fully saturated rings. The Balaban J connectivity index is 2.29. The van der Waals surface area contributed by atoms with Gasteiger partial charge in [0.05, 0.1) is 6.20 Å². The number of nitrogens with one attached hydrogen (secondary N) is 1. The van der Waals surface area contributed by atoms with Crippen molar-refractivity contribution in [2.75, 3.05) is 11.9 Å². The van der Waals surface area contributed by atoms with E-state index in [1.54, 1.807) is 0 Å². The van der Waals surface area contributed by atoms with Gasteiger partial charge in [0, 0.05) is 17.5 Å². The minimum Gasteiger partial charge on any atom is -0.354 e. The van der Waals surface area contributed by atoms with Crippen molar-refractivity contribution in [3.63, 3.8) is 0 Å². The van der Waals surface area contributed by atoms with Gasteiger partial charge in [0.25, 0.3) is 0 Å². The molecule has 19 heavy (non-hydrogen) atoms. The second kappa shape index (κ2) is 5.92. The van der Waals surface area contributed by atoms with Gasteiger partial charge in [-0.1, -0.05) is 11.8 Å². The van der Waals surface area contributed by atoms with Gasteiger partial charge >= 0.3 is 0 Å². The van der Waals surface area contributed by atoms with Crippen molar-refractivity contribution in [3.05, 3.63) is 41.8 Å². The summed E-state index contributed by atoms with van der Waals surface area (Å²) in [5.41, 5.74) is 0. The first-order chi connectivity index (χ1) is 9.10. The molecule has 2 rings (SSSR count). The van der Waals surface area contributed by atoms with E-state index in [1.165, 1.54) is 6.07 Å². The number of rotatable bonds is 4. The third-order valence-electron chi connectivity index (χ3n) is 2.15. The first-order valence-electron chi connectivity index (χ1n) is 5.49. The molecular weight excluding hydrogens is 275 g/mol. The molecule has 0 bridgehead atoms. The fourth-order valence-corrected chi connectivity index (χ4v) is 2.11. The lowest BCUT2D eigenvalue weighted by atomic mass is 10.3. The predicted molar refractivity (Wildman–Crippen MR) is 66.6 cm³/mol. The van der Waals surface area contributed by atoms with Crippen LogP contribution in [0.25, 0.3) is 0 Å². The van der Waals surface area contributed by atoms with E-state index in [1.807, 2.05) is 6.92 Å². The standard InChI is InChI=1S/C12H10F3N3S/c1-2-16-12-17-6-9(15)11(18-12)19-10-4-3-7(13)5-8(10)14/h3-6H,2H2,1H3,(H,16,17,18). The van der Waals surface area contributed by atoms with Crippen molar-refractivity contribution in [1.29, 1.82) is 0 Å². The Kier molecular flexibility index (Phi) is 4.26. The molecule has 0 aliphatic rings. The SMILES string of the molecule is CCNc1ncc(F)c(Sc2ccc(F)cc2F)n1. The third kappa shape index (κ3) is 3.37. The zero-order valence-electron chi connectivity index (χ0n) is 9.95. The number of hydrogen-bond acceptors (Lipinski definition) is 4. The number of anilines is 1. The lowest BCUT2D eigenvalue weighted by Crippen LogP contribution is -2.03. The Labute approximate surface area is 112 Å². The number of hydrogen-bond donors (Lipinski definition) is 1. The Morgan fingerprint density at radius 2 is 2.00 bits per heavy atom. The first kappa shape index (κ1) is 13.7. The van der Waals surface area contributed by atoms with Crippen LogP contribution in [0.15, 0.2) is 34.3 Å². The van der Waals surface area contributed by atoms with Gasteiger partial charge in [-0.25, -0.2) is 23.1 Å². The molecular formula is C12H10F3N3S. The minimum atomic E-state index is -0.756. The molecule has 1 N–H and O–H groups in total. The van der Waals surface area contributed by atoms with Crippen molar-refractivity contribution in [2.45, 2.75) is 16.8 Å². The van der Waals surface area contributed by atoms with Gasteiger partial charge in [-0.15, -0.1) is 0 Å². The zero-order chi connectivity index (χ0) is 13.8. The van der Waals surface area contributed by atoms with E-state index in [2.05, 4.69) is 15.3 Å². The first-order valence-corrected chi connectivity index (χ1v) is 6.31. The molecule has 7 heteroatoms. The average molecular weight is 285 g/mol. The molecule has 0 radical (unpaired) electrons. The van der Waals surface area contributed by atoms with E-state index in [0.29, 0.717) is 6.54 Å². The van der Waals surface area contributed by atoms with E-state index >= 15 is 0 Å². The Bertz CT molecular complexity index is 592. The summed E-state index contributed by atoms with van der Waals surface area (Å²) in [7, 11) is 0. The minimum absolute atomic E-state index is 0.0172. The van der Waals surface area contributed by atoms with Crippen LogP contribution in [-0.2, 0) is 0 Å². The van der Waals surface area contributed by atoms with Gasteiger partial charge in [-0.2, -0.15) is 0 Å². The summed E-state index contributed by atoms with van der Waals surface area (Å²) in [5.74, 6) is -1.84. The summed E-state index contributed by atoms with van der Waals surface area (Å²) < 4.78 is 39.8. The van der Waals surface area contributed by atoms with Crippen molar-refractivity contribution in [2.24, 2.45) is 0 Å². The molecule has 0 saturated heterocycles. The molecule has 2 aromatic rings. The lowest BCUT2D eigenvalue weighted by Gasteiger charge is -2.06. The van der Waals surface area contributed by atoms with E-state index in [9.17, 15) is 13.2 Å². The molecule has 1 aromatic carbocycles. The van der Waals surface area contributed by atoms with E-state index in [0.717, 1.165) is 30.1 Å². The van der Waals surface area contributed by atoms with Gasteiger partial charge in [0.1, 0.15) is 16.7 Å². The van der Waals surface area contributed by atoms with Crippen LogP contribution in [0.1, 0.15) is 6.92 Å². The number of aromatic nitrogens is 2. The molecule has 0 saturated carbocycles. The van der Waals surface area contributed by atoms with Gasteiger partial charge < -0.3 is 5.32 Å². The fourth-order valence-electron chi connectivity index (χ4n) is 1.33. The molecule has 3 nitrogen and oxygen atoms in total. The summed E-state index contributed by atoms with van der Waals surface area (Å²) >= 11 is 0.782. The molecule has 0 amide bonds. The maximum absolute atomic E-state index is 13.5. The zero-order valence-corrected chi connectivity index (χ0v) is 10.8. The summed E-state index contributed by atoms with van der Waals surface area (Å²) in [6.07, 6.45) is 1.01. The Hall–Kier alpha value is -1.76. The fraction of sp³-hybridized carbons (Fsp3) is 0.167. The van der Waals surface area contributed by atoms with E-state index < -0.39 is 17.5 Å². The highest BCUT2D eigenvalue weighted by molar-refractivity contribution is 7.99.